The third-order valence-corrected chi connectivity index (χ3v) is 3.33. The lowest BCUT2D eigenvalue weighted by Crippen LogP contribution is -2.36. The summed E-state index contributed by atoms with van der Waals surface area (Å²) in [5.74, 6) is 0.287. The molecular formula is C15H22N4O2. The molecule has 0 aromatic carbocycles. The van der Waals surface area contributed by atoms with Crippen molar-refractivity contribution >= 4 is 17.4 Å². The van der Waals surface area contributed by atoms with Gasteiger partial charge in [0.15, 0.2) is 0 Å². The topological polar surface area (TPSA) is 78.7 Å². The van der Waals surface area contributed by atoms with Crippen LogP contribution in [0.15, 0.2) is 18.3 Å². The Labute approximate surface area is 124 Å². The molecule has 0 aliphatic carbocycles. The standard InChI is InChI=1S/C15H22N4O2/c1-9-6-7-11-17-12(15(3,4)5)13(19(11)8-9)16-10(2)14(20)18-21/h6-8,10,16,21H,1-5H3,(H,18,20). The minimum absolute atomic E-state index is 0.169. The van der Waals surface area contributed by atoms with Crippen LogP contribution in [0.4, 0.5) is 5.82 Å². The molecule has 0 aliphatic heterocycles. The van der Waals surface area contributed by atoms with Crippen LogP contribution >= 0.6 is 0 Å². The van der Waals surface area contributed by atoms with Gasteiger partial charge in [-0.3, -0.25) is 14.4 Å². The molecule has 1 amide bonds. The number of amides is 1. The summed E-state index contributed by atoms with van der Waals surface area (Å²) in [6, 6.07) is 3.38. The van der Waals surface area contributed by atoms with Gasteiger partial charge in [0.2, 0.25) is 0 Å². The van der Waals surface area contributed by atoms with Crippen LogP contribution in [-0.4, -0.2) is 26.5 Å². The molecule has 0 bridgehead atoms. The summed E-state index contributed by atoms with van der Waals surface area (Å²) in [5.41, 5.74) is 4.30. The summed E-state index contributed by atoms with van der Waals surface area (Å²) in [4.78, 5) is 16.2. The van der Waals surface area contributed by atoms with E-state index in [0.29, 0.717) is 0 Å². The van der Waals surface area contributed by atoms with E-state index >= 15 is 0 Å². The maximum absolute atomic E-state index is 11.5. The Balaban J connectivity index is 2.57. The predicted molar refractivity (Wildman–Crippen MR) is 81.6 cm³/mol. The molecule has 2 rings (SSSR count). The molecule has 2 aromatic rings. The zero-order valence-corrected chi connectivity index (χ0v) is 13.1. The Kier molecular flexibility index (Phi) is 3.91. The largest absolute Gasteiger partial charge is 0.358 e. The zero-order chi connectivity index (χ0) is 15.8. The van der Waals surface area contributed by atoms with Crippen LogP contribution < -0.4 is 10.8 Å². The van der Waals surface area contributed by atoms with Crippen molar-refractivity contribution in [2.24, 2.45) is 0 Å². The number of hydrogen-bond acceptors (Lipinski definition) is 4. The predicted octanol–water partition coefficient (Wildman–Crippen LogP) is 2.25. The first-order chi connectivity index (χ1) is 9.74. The second-order valence-electron chi connectivity index (χ2n) is 6.34. The number of carbonyl (C=O) groups excluding carboxylic acids is 1. The second-order valence-corrected chi connectivity index (χ2v) is 6.34. The summed E-state index contributed by atoms with van der Waals surface area (Å²) in [6.45, 7) is 9.91. The van der Waals surface area contributed by atoms with Gasteiger partial charge in [-0.05, 0) is 25.5 Å². The Bertz CT molecular complexity index is 670. The highest BCUT2D eigenvalue weighted by Crippen LogP contribution is 2.30. The minimum atomic E-state index is -0.573. The van der Waals surface area contributed by atoms with Crippen LogP contribution in [0, 0.1) is 6.92 Å². The second kappa shape index (κ2) is 5.37. The molecule has 21 heavy (non-hydrogen) atoms. The van der Waals surface area contributed by atoms with E-state index in [-0.39, 0.29) is 5.41 Å². The van der Waals surface area contributed by atoms with E-state index in [4.69, 9.17) is 5.21 Å². The molecule has 3 N–H and O–H groups in total. The fourth-order valence-corrected chi connectivity index (χ4v) is 2.18. The van der Waals surface area contributed by atoms with Crippen LogP contribution in [-0.2, 0) is 10.2 Å². The summed E-state index contributed by atoms with van der Waals surface area (Å²) < 4.78 is 1.94. The Morgan fingerprint density at radius 1 is 1.38 bits per heavy atom. The van der Waals surface area contributed by atoms with E-state index in [1.165, 1.54) is 0 Å². The fraction of sp³-hybridized carbons (Fsp3) is 0.467. The molecule has 0 fully saturated rings. The van der Waals surface area contributed by atoms with Gasteiger partial charge in [0.25, 0.3) is 5.91 Å². The van der Waals surface area contributed by atoms with Gasteiger partial charge >= 0.3 is 0 Å². The Hall–Kier alpha value is -2.08. The number of fused-ring (bicyclic) bond motifs is 1. The number of hydroxylamine groups is 1. The Morgan fingerprint density at radius 3 is 2.62 bits per heavy atom. The highest BCUT2D eigenvalue weighted by molar-refractivity contribution is 5.83. The molecule has 0 aliphatic rings. The molecule has 6 nitrogen and oxygen atoms in total. The first-order valence-corrected chi connectivity index (χ1v) is 6.93. The number of aryl methyl sites for hydroxylation is 1. The molecule has 2 heterocycles. The highest BCUT2D eigenvalue weighted by Gasteiger charge is 2.26. The molecular weight excluding hydrogens is 268 g/mol. The van der Waals surface area contributed by atoms with E-state index in [2.05, 4.69) is 31.1 Å². The Morgan fingerprint density at radius 2 is 2.05 bits per heavy atom. The number of nitrogens with one attached hydrogen (secondary N) is 2. The number of anilines is 1. The summed E-state index contributed by atoms with van der Waals surface area (Å²) >= 11 is 0. The van der Waals surface area contributed by atoms with Crippen molar-refractivity contribution in [1.82, 2.24) is 14.9 Å². The number of pyridine rings is 1. The number of rotatable bonds is 3. The molecule has 0 saturated carbocycles. The zero-order valence-electron chi connectivity index (χ0n) is 13.1. The van der Waals surface area contributed by atoms with Gasteiger partial charge in [-0.2, -0.15) is 0 Å². The molecule has 2 aromatic heterocycles. The van der Waals surface area contributed by atoms with E-state index in [0.717, 1.165) is 22.7 Å². The SMILES string of the molecule is Cc1ccc2nc(C(C)(C)C)c(NC(C)C(=O)NO)n2c1. The van der Waals surface area contributed by atoms with Crippen molar-refractivity contribution in [2.75, 3.05) is 5.32 Å². The maximum atomic E-state index is 11.5. The van der Waals surface area contributed by atoms with E-state index in [9.17, 15) is 4.79 Å². The smallest absolute Gasteiger partial charge is 0.265 e. The van der Waals surface area contributed by atoms with Crippen molar-refractivity contribution < 1.29 is 10.0 Å². The normalized spacial score (nSPS) is 13.2. The quantitative estimate of drug-likeness (QED) is 0.598. The van der Waals surface area contributed by atoms with Crippen LogP contribution in [0.1, 0.15) is 39.0 Å². The molecule has 0 radical (unpaired) electrons. The number of aromatic nitrogens is 2. The van der Waals surface area contributed by atoms with Gasteiger partial charge in [0.05, 0.1) is 5.69 Å². The number of hydrogen-bond donors (Lipinski definition) is 3. The molecule has 1 atom stereocenters. The van der Waals surface area contributed by atoms with Crippen molar-refractivity contribution in [3.63, 3.8) is 0 Å². The first-order valence-electron chi connectivity index (χ1n) is 6.93. The monoisotopic (exact) mass is 290 g/mol. The third-order valence-electron chi connectivity index (χ3n) is 3.33. The number of carbonyl (C=O) groups is 1. The van der Waals surface area contributed by atoms with Crippen LogP contribution in [0.5, 0.6) is 0 Å². The van der Waals surface area contributed by atoms with Crippen molar-refractivity contribution in [3.8, 4) is 0 Å². The molecule has 6 heteroatoms. The van der Waals surface area contributed by atoms with Gasteiger partial charge in [-0.15, -0.1) is 0 Å². The molecule has 1 unspecified atom stereocenters. The minimum Gasteiger partial charge on any atom is -0.358 e. The number of imidazole rings is 1. The fourth-order valence-electron chi connectivity index (χ4n) is 2.18. The van der Waals surface area contributed by atoms with E-state index < -0.39 is 11.9 Å². The van der Waals surface area contributed by atoms with E-state index in [1.807, 2.05) is 29.7 Å². The first kappa shape index (κ1) is 15.3. The molecule has 0 spiro atoms. The van der Waals surface area contributed by atoms with Gasteiger partial charge in [0, 0.05) is 11.6 Å². The van der Waals surface area contributed by atoms with Crippen LogP contribution in [0.3, 0.4) is 0 Å². The third kappa shape index (κ3) is 3.00. The number of nitrogens with zero attached hydrogens (tertiary/aromatic N) is 2. The van der Waals surface area contributed by atoms with Crippen LogP contribution in [0.25, 0.3) is 5.65 Å². The summed E-state index contributed by atoms with van der Waals surface area (Å²) in [7, 11) is 0. The van der Waals surface area contributed by atoms with Gasteiger partial charge in [-0.1, -0.05) is 26.8 Å². The lowest BCUT2D eigenvalue weighted by molar-refractivity contribution is -0.129. The highest BCUT2D eigenvalue weighted by atomic mass is 16.5. The van der Waals surface area contributed by atoms with E-state index in [1.54, 1.807) is 12.4 Å². The lowest BCUT2D eigenvalue weighted by atomic mass is 9.92. The lowest BCUT2D eigenvalue weighted by Gasteiger charge is -2.20. The van der Waals surface area contributed by atoms with Gasteiger partial charge < -0.3 is 5.32 Å². The average Bonchev–Trinajstić information content (AvgIpc) is 2.76. The van der Waals surface area contributed by atoms with Crippen molar-refractivity contribution in [2.45, 2.75) is 46.1 Å². The molecule has 114 valence electrons. The molecule has 0 saturated heterocycles. The maximum Gasteiger partial charge on any atom is 0.265 e. The summed E-state index contributed by atoms with van der Waals surface area (Å²) in [5, 5.41) is 11.9. The summed E-state index contributed by atoms with van der Waals surface area (Å²) in [6.07, 6.45) is 1.98. The van der Waals surface area contributed by atoms with Crippen molar-refractivity contribution in [3.05, 3.63) is 29.6 Å². The van der Waals surface area contributed by atoms with Gasteiger partial charge in [-0.25, -0.2) is 10.5 Å². The van der Waals surface area contributed by atoms with Gasteiger partial charge in [0.1, 0.15) is 17.5 Å². The van der Waals surface area contributed by atoms with Crippen molar-refractivity contribution in [1.29, 1.82) is 0 Å². The average molecular weight is 290 g/mol. The van der Waals surface area contributed by atoms with Crippen LogP contribution in [0.2, 0.25) is 0 Å².